The lowest BCUT2D eigenvalue weighted by Crippen LogP contribution is -1.98. The quantitative estimate of drug-likeness (QED) is 0.803. The van der Waals surface area contributed by atoms with Crippen molar-refractivity contribution in [3.8, 4) is 0 Å². The fraction of sp³-hybridized carbons (Fsp3) is 0.100. The summed E-state index contributed by atoms with van der Waals surface area (Å²) < 4.78 is 29.7. The van der Waals surface area contributed by atoms with Crippen LogP contribution < -0.4 is 0 Å². The molecule has 0 amide bonds. The molecule has 0 saturated carbocycles. The molecule has 2 aromatic rings. The minimum absolute atomic E-state index is 0.140. The molecule has 0 bridgehead atoms. The molecular formula is C10H8FNO2S. The van der Waals surface area contributed by atoms with Crippen molar-refractivity contribution in [3.63, 3.8) is 0 Å². The Bertz CT molecular complexity index is 470. The Morgan fingerprint density at radius 1 is 1.33 bits per heavy atom. The molecule has 1 atom stereocenters. The van der Waals surface area contributed by atoms with Crippen LogP contribution in [0.1, 0.15) is 5.76 Å². The van der Waals surface area contributed by atoms with Crippen molar-refractivity contribution in [1.82, 2.24) is 5.16 Å². The van der Waals surface area contributed by atoms with E-state index in [1.807, 2.05) is 0 Å². The minimum Gasteiger partial charge on any atom is -0.360 e. The minimum atomic E-state index is -1.43. The zero-order valence-corrected chi connectivity index (χ0v) is 8.54. The Morgan fingerprint density at radius 3 is 2.80 bits per heavy atom. The van der Waals surface area contributed by atoms with Crippen LogP contribution in [0.2, 0.25) is 0 Å². The number of benzene rings is 1. The molecule has 1 aromatic heterocycles. The van der Waals surface area contributed by atoms with E-state index in [2.05, 4.69) is 5.16 Å². The molecular weight excluding hydrogens is 217 g/mol. The van der Waals surface area contributed by atoms with Gasteiger partial charge in [-0.3, -0.25) is 4.21 Å². The van der Waals surface area contributed by atoms with Gasteiger partial charge >= 0.3 is 0 Å². The maximum atomic E-state index is 13.2. The molecule has 2 rings (SSSR count). The first-order chi connectivity index (χ1) is 7.27. The van der Waals surface area contributed by atoms with E-state index in [1.54, 1.807) is 18.2 Å². The van der Waals surface area contributed by atoms with Crippen LogP contribution in [0.3, 0.4) is 0 Å². The molecule has 0 N–H and O–H groups in total. The molecule has 1 unspecified atom stereocenters. The van der Waals surface area contributed by atoms with E-state index in [0.717, 1.165) is 0 Å². The SMILES string of the molecule is O=S(Cc1ccno1)c1ccccc1F. The van der Waals surface area contributed by atoms with E-state index in [9.17, 15) is 8.60 Å². The van der Waals surface area contributed by atoms with Crippen molar-refractivity contribution < 1.29 is 13.1 Å². The topological polar surface area (TPSA) is 43.1 Å². The van der Waals surface area contributed by atoms with Crippen LogP contribution in [-0.2, 0) is 16.6 Å². The summed E-state index contributed by atoms with van der Waals surface area (Å²) in [5, 5.41) is 3.49. The zero-order chi connectivity index (χ0) is 10.7. The van der Waals surface area contributed by atoms with Gasteiger partial charge in [0.05, 0.1) is 27.6 Å². The van der Waals surface area contributed by atoms with Gasteiger partial charge in [0, 0.05) is 6.07 Å². The number of hydrogen-bond donors (Lipinski definition) is 0. The molecule has 0 aliphatic carbocycles. The largest absolute Gasteiger partial charge is 0.360 e. The number of hydrogen-bond acceptors (Lipinski definition) is 3. The highest BCUT2D eigenvalue weighted by atomic mass is 32.2. The Balaban J connectivity index is 2.19. The van der Waals surface area contributed by atoms with Crippen molar-refractivity contribution in [2.45, 2.75) is 10.6 Å². The molecule has 78 valence electrons. The van der Waals surface area contributed by atoms with Crippen molar-refractivity contribution in [3.05, 3.63) is 48.1 Å². The second-order valence-electron chi connectivity index (χ2n) is 2.90. The van der Waals surface area contributed by atoms with E-state index >= 15 is 0 Å². The number of halogens is 1. The number of rotatable bonds is 3. The summed E-state index contributed by atoms with van der Waals surface area (Å²) in [6, 6.07) is 7.61. The van der Waals surface area contributed by atoms with E-state index < -0.39 is 16.6 Å². The van der Waals surface area contributed by atoms with Crippen LogP contribution in [0.15, 0.2) is 45.9 Å². The smallest absolute Gasteiger partial charge is 0.149 e. The average Bonchev–Trinajstić information content (AvgIpc) is 2.71. The molecule has 15 heavy (non-hydrogen) atoms. The lowest BCUT2D eigenvalue weighted by atomic mass is 10.3. The van der Waals surface area contributed by atoms with E-state index in [0.29, 0.717) is 5.76 Å². The Hall–Kier alpha value is -1.49. The predicted molar refractivity (Wildman–Crippen MR) is 53.0 cm³/mol. The second kappa shape index (κ2) is 4.35. The molecule has 0 aliphatic heterocycles. The summed E-state index contributed by atoms with van der Waals surface area (Å²) in [7, 11) is -1.43. The van der Waals surface area contributed by atoms with Crippen LogP contribution in [-0.4, -0.2) is 9.37 Å². The molecule has 3 nitrogen and oxygen atoms in total. The normalized spacial score (nSPS) is 12.6. The molecule has 0 spiro atoms. The van der Waals surface area contributed by atoms with Crippen molar-refractivity contribution in [2.24, 2.45) is 0 Å². The highest BCUT2D eigenvalue weighted by Crippen LogP contribution is 2.15. The molecule has 1 aromatic carbocycles. The highest BCUT2D eigenvalue weighted by Gasteiger charge is 2.11. The van der Waals surface area contributed by atoms with Gasteiger partial charge in [0.1, 0.15) is 11.6 Å². The maximum absolute atomic E-state index is 13.2. The van der Waals surface area contributed by atoms with Gasteiger partial charge in [0.25, 0.3) is 0 Å². The van der Waals surface area contributed by atoms with Gasteiger partial charge in [-0.1, -0.05) is 17.3 Å². The fourth-order valence-corrected chi connectivity index (χ4v) is 2.23. The predicted octanol–water partition coefficient (Wildman–Crippen LogP) is 2.12. The molecule has 0 aliphatic rings. The molecule has 5 heteroatoms. The Labute approximate surface area is 88.4 Å². The molecule has 0 radical (unpaired) electrons. The van der Waals surface area contributed by atoms with E-state index in [1.165, 1.54) is 18.3 Å². The van der Waals surface area contributed by atoms with Crippen molar-refractivity contribution in [2.75, 3.05) is 0 Å². The summed E-state index contributed by atoms with van der Waals surface area (Å²) in [5.74, 6) is 0.160. The van der Waals surface area contributed by atoms with Crippen molar-refractivity contribution in [1.29, 1.82) is 0 Å². The fourth-order valence-electron chi connectivity index (χ4n) is 1.15. The monoisotopic (exact) mass is 225 g/mol. The third kappa shape index (κ3) is 2.30. The molecule has 0 saturated heterocycles. The maximum Gasteiger partial charge on any atom is 0.149 e. The molecule has 1 heterocycles. The van der Waals surface area contributed by atoms with Gasteiger partial charge in [-0.15, -0.1) is 0 Å². The van der Waals surface area contributed by atoms with E-state index in [-0.39, 0.29) is 10.6 Å². The van der Waals surface area contributed by atoms with Gasteiger partial charge in [-0.05, 0) is 12.1 Å². The van der Waals surface area contributed by atoms with E-state index in [4.69, 9.17) is 4.52 Å². The average molecular weight is 225 g/mol. The zero-order valence-electron chi connectivity index (χ0n) is 7.72. The summed E-state index contributed by atoms with van der Waals surface area (Å²) in [6.45, 7) is 0. The lowest BCUT2D eigenvalue weighted by Gasteiger charge is -2.00. The first-order valence-corrected chi connectivity index (χ1v) is 5.62. The van der Waals surface area contributed by atoms with Crippen LogP contribution in [0.25, 0.3) is 0 Å². The van der Waals surface area contributed by atoms with Gasteiger partial charge in [0.2, 0.25) is 0 Å². The van der Waals surface area contributed by atoms with Crippen LogP contribution in [0.4, 0.5) is 4.39 Å². The van der Waals surface area contributed by atoms with Gasteiger partial charge in [0.15, 0.2) is 0 Å². The third-order valence-electron chi connectivity index (χ3n) is 1.85. The summed E-state index contributed by atoms with van der Waals surface area (Å²) in [4.78, 5) is 0.189. The van der Waals surface area contributed by atoms with Gasteiger partial charge in [-0.25, -0.2) is 4.39 Å². The van der Waals surface area contributed by atoms with Crippen LogP contribution in [0.5, 0.6) is 0 Å². The first-order valence-electron chi connectivity index (χ1n) is 4.30. The third-order valence-corrected chi connectivity index (χ3v) is 3.21. The number of nitrogens with zero attached hydrogens (tertiary/aromatic N) is 1. The summed E-state index contributed by atoms with van der Waals surface area (Å²) in [6.07, 6.45) is 1.47. The standard InChI is InChI=1S/C10H8FNO2S/c11-9-3-1-2-4-10(9)15(13)7-8-5-6-12-14-8/h1-6H,7H2. The van der Waals surface area contributed by atoms with Crippen molar-refractivity contribution >= 4 is 10.8 Å². The number of aromatic nitrogens is 1. The van der Waals surface area contributed by atoms with Crippen LogP contribution >= 0.6 is 0 Å². The lowest BCUT2D eigenvalue weighted by molar-refractivity contribution is 0.394. The summed E-state index contributed by atoms with van der Waals surface area (Å²) in [5.41, 5.74) is 0. The highest BCUT2D eigenvalue weighted by molar-refractivity contribution is 7.84. The van der Waals surface area contributed by atoms with Crippen LogP contribution in [0, 0.1) is 5.82 Å². The van der Waals surface area contributed by atoms with Gasteiger partial charge < -0.3 is 4.52 Å². The summed E-state index contributed by atoms with van der Waals surface area (Å²) >= 11 is 0. The second-order valence-corrected chi connectivity index (χ2v) is 4.32. The Kier molecular flexibility index (Phi) is 2.91. The van der Waals surface area contributed by atoms with Gasteiger partial charge in [-0.2, -0.15) is 0 Å². The first kappa shape index (κ1) is 10.0. The molecule has 0 fully saturated rings. The Morgan fingerprint density at radius 2 is 2.13 bits per heavy atom.